The largest absolute Gasteiger partial charge is 0.379 e. The van der Waals surface area contributed by atoms with E-state index in [0.717, 1.165) is 57.3 Å². The van der Waals surface area contributed by atoms with Crippen molar-refractivity contribution in [3.63, 3.8) is 0 Å². The van der Waals surface area contributed by atoms with Gasteiger partial charge in [0.1, 0.15) is 5.65 Å². The zero-order chi connectivity index (χ0) is 14.5. The third-order valence-electron chi connectivity index (χ3n) is 4.05. The lowest BCUT2D eigenvalue weighted by Crippen LogP contribution is -2.37. The molecule has 0 aliphatic carbocycles. The van der Waals surface area contributed by atoms with Gasteiger partial charge in [-0.15, -0.1) is 0 Å². The fourth-order valence-electron chi connectivity index (χ4n) is 2.84. The first-order chi connectivity index (χ1) is 10.3. The number of nitrogens with zero attached hydrogens (tertiary/aromatic N) is 3. The van der Waals surface area contributed by atoms with Crippen molar-refractivity contribution in [1.82, 2.24) is 19.6 Å². The van der Waals surface area contributed by atoms with E-state index in [1.165, 1.54) is 12.1 Å². The highest BCUT2D eigenvalue weighted by molar-refractivity contribution is 5.42. The number of aryl methyl sites for hydroxylation is 1. The van der Waals surface area contributed by atoms with E-state index in [-0.39, 0.29) is 0 Å². The van der Waals surface area contributed by atoms with Gasteiger partial charge in [0.15, 0.2) is 0 Å². The number of fused-ring (bicyclic) bond motifs is 1. The highest BCUT2D eigenvalue weighted by Crippen LogP contribution is 2.11. The summed E-state index contributed by atoms with van der Waals surface area (Å²) in [5.74, 6) is 0. The van der Waals surface area contributed by atoms with Gasteiger partial charge >= 0.3 is 0 Å². The van der Waals surface area contributed by atoms with Crippen LogP contribution < -0.4 is 5.32 Å². The van der Waals surface area contributed by atoms with Crippen LogP contribution in [0.1, 0.15) is 17.8 Å². The van der Waals surface area contributed by atoms with Crippen molar-refractivity contribution in [3.05, 3.63) is 35.8 Å². The third-order valence-corrected chi connectivity index (χ3v) is 4.05. The molecule has 1 N–H and O–H groups in total. The first-order valence-corrected chi connectivity index (χ1v) is 7.78. The Labute approximate surface area is 125 Å². The van der Waals surface area contributed by atoms with Crippen molar-refractivity contribution in [2.24, 2.45) is 0 Å². The second-order valence-corrected chi connectivity index (χ2v) is 5.56. The first-order valence-electron chi connectivity index (χ1n) is 7.78. The normalized spacial score (nSPS) is 16.6. The fraction of sp³-hybridized carbons (Fsp3) is 0.562. The molecule has 2 aromatic rings. The number of rotatable bonds is 6. The van der Waals surface area contributed by atoms with Crippen LogP contribution in [-0.2, 0) is 11.3 Å². The van der Waals surface area contributed by atoms with E-state index < -0.39 is 0 Å². The molecule has 1 aliphatic heterocycles. The lowest BCUT2D eigenvalue weighted by molar-refractivity contribution is 0.0374. The number of morpholine rings is 1. The van der Waals surface area contributed by atoms with Gasteiger partial charge < -0.3 is 14.5 Å². The summed E-state index contributed by atoms with van der Waals surface area (Å²) in [6.45, 7) is 9.07. The fourth-order valence-corrected chi connectivity index (χ4v) is 2.84. The molecule has 0 saturated carbocycles. The predicted molar refractivity (Wildman–Crippen MR) is 83.5 cm³/mol. The molecule has 114 valence electrons. The molecule has 0 aromatic carbocycles. The van der Waals surface area contributed by atoms with Gasteiger partial charge in [0.2, 0.25) is 0 Å². The molecule has 5 heteroatoms. The number of hydrogen-bond donors (Lipinski definition) is 1. The summed E-state index contributed by atoms with van der Waals surface area (Å²) in [6.07, 6.45) is 3.26. The highest BCUT2D eigenvalue weighted by atomic mass is 16.5. The van der Waals surface area contributed by atoms with Crippen LogP contribution in [0.3, 0.4) is 0 Å². The summed E-state index contributed by atoms with van der Waals surface area (Å²) in [6, 6.07) is 6.13. The van der Waals surface area contributed by atoms with Crippen molar-refractivity contribution in [2.75, 3.05) is 39.4 Å². The van der Waals surface area contributed by atoms with Crippen molar-refractivity contribution in [2.45, 2.75) is 19.9 Å². The Balaban J connectivity index is 1.45. The quantitative estimate of drug-likeness (QED) is 0.817. The Bertz CT molecular complexity index is 575. The van der Waals surface area contributed by atoms with Gasteiger partial charge in [0.25, 0.3) is 0 Å². The van der Waals surface area contributed by atoms with E-state index in [1.54, 1.807) is 0 Å². The van der Waals surface area contributed by atoms with Crippen LogP contribution in [-0.4, -0.2) is 53.7 Å². The molecule has 5 nitrogen and oxygen atoms in total. The molecule has 0 bridgehead atoms. The standard InChI is InChI=1S/C16H24N4O/c1-14-15(20-8-3-2-5-16(20)18-14)13-17-6-4-7-19-9-11-21-12-10-19/h2-3,5,8,17H,4,6-7,9-13H2,1H3. The van der Waals surface area contributed by atoms with Crippen molar-refractivity contribution in [3.8, 4) is 0 Å². The van der Waals surface area contributed by atoms with E-state index in [1.807, 2.05) is 6.07 Å². The Morgan fingerprint density at radius 2 is 2.14 bits per heavy atom. The molecule has 1 saturated heterocycles. The zero-order valence-corrected chi connectivity index (χ0v) is 12.7. The Morgan fingerprint density at radius 3 is 3.00 bits per heavy atom. The molecule has 3 rings (SSSR count). The predicted octanol–water partition coefficient (Wildman–Crippen LogP) is 1.45. The molecule has 0 unspecified atom stereocenters. The average Bonchev–Trinajstić information content (AvgIpc) is 2.84. The summed E-state index contributed by atoms with van der Waals surface area (Å²) >= 11 is 0. The molecule has 0 amide bonds. The molecule has 21 heavy (non-hydrogen) atoms. The Morgan fingerprint density at radius 1 is 1.29 bits per heavy atom. The smallest absolute Gasteiger partial charge is 0.137 e. The molecule has 0 radical (unpaired) electrons. The molecule has 0 spiro atoms. The van der Waals surface area contributed by atoms with Gasteiger partial charge in [0.05, 0.1) is 24.6 Å². The average molecular weight is 288 g/mol. The highest BCUT2D eigenvalue weighted by Gasteiger charge is 2.10. The molecule has 1 aliphatic rings. The van der Waals surface area contributed by atoms with E-state index in [4.69, 9.17) is 4.74 Å². The first kappa shape index (κ1) is 14.5. The number of pyridine rings is 1. The van der Waals surface area contributed by atoms with Gasteiger partial charge in [-0.3, -0.25) is 4.90 Å². The van der Waals surface area contributed by atoms with E-state index in [9.17, 15) is 0 Å². The maximum Gasteiger partial charge on any atom is 0.137 e. The van der Waals surface area contributed by atoms with Crippen LogP contribution in [0.15, 0.2) is 24.4 Å². The maximum atomic E-state index is 5.36. The van der Waals surface area contributed by atoms with Gasteiger partial charge in [-0.05, 0) is 38.6 Å². The van der Waals surface area contributed by atoms with Gasteiger partial charge in [-0.25, -0.2) is 4.98 Å². The van der Waals surface area contributed by atoms with Gasteiger partial charge in [-0.2, -0.15) is 0 Å². The number of imidazole rings is 1. The second kappa shape index (κ2) is 7.02. The molecular formula is C16H24N4O. The monoisotopic (exact) mass is 288 g/mol. The summed E-state index contributed by atoms with van der Waals surface area (Å²) in [5, 5.41) is 3.54. The summed E-state index contributed by atoms with van der Waals surface area (Å²) in [7, 11) is 0. The number of aromatic nitrogens is 2. The van der Waals surface area contributed by atoms with Gasteiger partial charge in [-0.1, -0.05) is 6.07 Å². The zero-order valence-electron chi connectivity index (χ0n) is 12.7. The SMILES string of the molecule is Cc1nc2ccccn2c1CNCCCN1CCOCC1. The number of hydrogen-bond acceptors (Lipinski definition) is 4. The minimum atomic E-state index is 0.875. The van der Waals surface area contributed by atoms with Crippen LogP contribution >= 0.6 is 0 Å². The van der Waals surface area contributed by atoms with Crippen LogP contribution in [0.25, 0.3) is 5.65 Å². The number of ether oxygens (including phenoxy) is 1. The van der Waals surface area contributed by atoms with Crippen molar-refractivity contribution < 1.29 is 4.74 Å². The third kappa shape index (κ3) is 3.61. The van der Waals surface area contributed by atoms with E-state index >= 15 is 0 Å². The Kier molecular flexibility index (Phi) is 4.85. The van der Waals surface area contributed by atoms with Crippen LogP contribution in [0.5, 0.6) is 0 Å². The minimum Gasteiger partial charge on any atom is -0.379 e. The van der Waals surface area contributed by atoms with Crippen LogP contribution in [0.4, 0.5) is 0 Å². The minimum absolute atomic E-state index is 0.875. The Hall–Kier alpha value is -1.43. The van der Waals surface area contributed by atoms with Crippen molar-refractivity contribution in [1.29, 1.82) is 0 Å². The van der Waals surface area contributed by atoms with E-state index in [0.29, 0.717) is 0 Å². The topological polar surface area (TPSA) is 41.8 Å². The maximum absolute atomic E-state index is 5.36. The molecular weight excluding hydrogens is 264 g/mol. The molecule has 1 fully saturated rings. The molecule has 3 heterocycles. The van der Waals surface area contributed by atoms with E-state index in [2.05, 4.69) is 44.9 Å². The number of nitrogens with one attached hydrogen (secondary N) is 1. The summed E-state index contributed by atoms with van der Waals surface area (Å²) < 4.78 is 7.53. The molecule has 2 aromatic heterocycles. The van der Waals surface area contributed by atoms with Crippen molar-refractivity contribution >= 4 is 5.65 Å². The summed E-state index contributed by atoms with van der Waals surface area (Å²) in [4.78, 5) is 7.06. The van der Waals surface area contributed by atoms with Gasteiger partial charge in [0, 0.05) is 25.8 Å². The van der Waals surface area contributed by atoms with Crippen LogP contribution in [0.2, 0.25) is 0 Å². The lowest BCUT2D eigenvalue weighted by atomic mass is 10.3. The lowest BCUT2D eigenvalue weighted by Gasteiger charge is -2.26. The summed E-state index contributed by atoms with van der Waals surface area (Å²) in [5.41, 5.74) is 3.40. The van der Waals surface area contributed by atoms with Crippen LogP contribution in [0, 0.1) is 6.92 Å². The molecule has 0 atom stereocenters. The second-order valence-electron chi connectivity index (χ2n) is 5.56.